The second-order valence-corrected chi connectivity index (χ2v) is 5.98. The Labute approximate surface area is 143 Å². The minimum atomic E-state index is -0.310. The molecule has 0 heterocycles. The summed E-state index contributed by atoms with van der Waals surface area (Å²) < 4.78 is 0. The quantitative estimate of drug-likeness (QED) is 0.822. The van der Waals surface area contributed by atoms with E-state index in [0.717, 1.165) is 5.56 Å². The SMILES string of the molecule is CC(=O)N[C@H](CC(=O)NC[C@@H](C)c1ccccc1)c1ccccc1. The van der Waals surface area contributed by atoms with Gasteiger partial charge in [0.15, 0.2) is 0 Å². The Morgan fingerprint density at radius 1 is 0.917 bits per heavy atom. The van der Waals surface area contributed by atoms with Crippen LogP contribution in [0, 0.1) is 0 Å². The zero-order chi connectivity index (χ0) is 17.4. The monoisotopic (exact) mass is 324 g/mol. The standard InChI is InChI=1S/C20H24N2O2/c1-15(17-9-5-3-6-10-17)14-21-20(24)13-19(22-16(2)23)18-11-7-4-8-12-18/h3-12,15,19H,13-14H2,1-2H3,(H,21,24)(H,22,23)/t15-,19-/m1/s1. The van der Waals surface area contributed by atoms with Crippen molar-refractivity contribution in [3.63, 3.8) is 0 Å². The van der Waals surface area contributed by atoms with Crippen LogP contribution in [-0.4, -0.2) is 18.4 Å². The molecule has 0 fully saturated rings. The van der Waals surface area contributed by atoms with Gasteiger partial charge in [0.2, 0.25) is 11.8 Å². The van der Waals surface area contributed by atoms with Crippen molar-refractivity contribution in [3.8, 4) is 0 Å². The minimum absolute atomic E-state index is 0.0691. The maximum Gasteiger partial charge on any atom is 0.222 e. The van der Waals surface area contributed by atoms with Crippen LogP contribution in [0.25, 0.3) is 0 Å². The second kappa shape index (κ2) is 8.87. The van der Waals surface area contributed by atoms with Crippen molar-refractivity contribution in [2.45, 2.75) is 32.2 Å². The summed E-state index contributed by atoms with van der Waals surface area (Å²) in [5, 5.41) is 5.81. The number of hydrogen-bond donors (Lipinski definition) is 2. The second-order valence-electron chi connectivity index (χ2n) is 5.98. The van der Waals surface area contributed by atoms with E-state index in [-0.39, 0.29) is 30.2 Å². The first-order valence-electron chi connectivity index (χ1n) is 8.20. The van der Waals surface area contributed by atoms with Gasteiger partial charge in [0.05, 0.1) is 12.5 Å². The summed E-state index contributed by atoms with van der Waals surface area (Å²) in [6.07, 6.45) is 0.227. The lowest BCUT2D eigenvalue weighted by Crippen LogP contribution is -2.34. The summed E-state index contributed by atoms with van der Waals surface area (Å²) in [5.74, 6) is 0.0285. The van der Waals surface area contributed by atoms with Gasteiger partial charge in [0.25, 0.3) is 0 Å². The lowest BCUT2D eigenvalue weighted by Gasteiger charge is -2.19. The van der Waals surface area contributed by atoms with E-state index in [0.29, 0.717) is 6.54 Å². The molecule has 0 radical (unpaired) electrons. The molecule has 0 aliphatic heterocycles. The molecule has 0 bridgehead atoms. The molecule has 2 N–H and O–H groups in total. The molecule has 24 heavy (non-hydrogen) atoms. The predicted octanol–water partition coefficient (Wildman–Crippen LogP) is 3.17. The molecule has 0 saturated carbocycles. The first-order chi connectivity index (χ1) is 11.6. The number of rotatable bonds is 7. The zero-order valence-corrected chi connectivity index (χ0v) is 14.2. The van der Waals surface area contributed by atoms with Crippen molar-refractivity contribution >= 4 is 11.8 Å². The van der Waals surface area contributed by atoms with Crippen LogP contribution in [0.3, 0.4) is 0 Å². The first kappa shape index (κ1) is 17.7. The first-order valence-corrected chi connectivity index (χ1v) is 8.20. The molecule has 0 aliphatic carbocycles. The van der Waals surface area contributed by atoms with Crippen molar-refractivity contribution < 1.29 is 9.59 Å². The molecule has 0 aliphatic rings. The maximum absolute atomic E-state index is 12.3. The van der Waals surface area contributed by atoms with Crippen LogP contribution in [0.5, 0.6) is 0 Å². The Hall–Kier alpha value is -2.62. The average Bonchev–Trinajstić information content (AvgIpc) is 2.60. The molecule has 126 valence electrons. The van der Waals surface area contributed by atoms with Gasteiger partial charge in [-0.2, -0.15) is 0 Å². The third-order valence-electron chi connectivity index (χ3n) is 3.94. The van der Waals surface area contributed by atoms with E-state index in [1.165, 1.54) is 12.5 Å². The van der Waals surface area contributed by atoms with E-state index < -0.39 is 0 Å². The number of hydrogen-bond acceptors (Lipinski definition) is 2. The van der Waals surface area contributed by atoms with Crippen LogP contribution in [-0.2, 0) is 9.59 Å². The zero-order valence-electron chi connectivity index (χ0n) is 14.2. The number of benzene rings is 2. The third-order valence-corrected chi connectivity index (χ3v) is 3.94. The molecule has 4 heteroatoms. The highest BCUT2D eigenvalue weighted by Gasteiger charge is 2.17. The van der Waals surface area contributed by atoms with Crippen molar-refractivity contribution in [3.05, 3.63) is 71.8 Å². The topological polar surface area (TPSA) is 58.2 Å². The molecular weight excluding hydrogens is 300 g/mol. The van der Waals surface area contributed by atoms with Crippen LogP contribution in [0.15, 0.2) is 60.7 Å². The van der Waals surface area contributed by atoms with E-state index in [9.17, 15) is 9.59 Å². The Morgan fingerprint density at radius 2 is 1.46 bits per heavy atom. The Morgan fingerprint density at radius 3 is 2.00 bits per heavy atom. The Bertz CT molecular complexity index is 656. The molecule has 2 rings (SSSR count). The molecule has 2 aromatic carbocycles. The average molecular weight is 324 g/mol. The largest absolute Gasteiger partial charge is 0.355 e. The van der Waals surface area contributed by atoms with Crippen molar-refractivity contribution in [1.82, 2.24) is 10.6 Å². The van der Waals surface area contributed by atoms with E-state index in [2.05, 4.69) is 29.7 Å². The summed E-state index contributed by atoms with van der Waals surface area (Å²) in [4.78, 5) is 23.7. The fraction of sp³-hybridized carbons (Fsp3) is 0.300. The minimum Gasteiger partial charge on any atom is -0.355 e. The van der Waals surface area contributed by atoms with Gasteiger partial charge in [-0.25, -0.2) is 0 Å². The van der Waals surface area contributed by atoms with E-state index >= 15 is 0 Å². The van der Waals surface area contributed by atoms with Crippen LogP contribution < -0.4 is 10.6 Å². The van der Waals surface area contributed by atoms with E-state index in [4.69, 9.17) is 0 Å². The Balaban J connectivity index is 1.92. The highest BCUT2D eigenvalue weighted by Crippen LogP contribution is 2.17. The van der Waals surface area contributed by atoms with Crippen LogP contribution in [0.1, 0.15) is 43.4 Å². The van der Waals surface area contributed by atoms with Gasteiger partial charge in [-0.1, -0.05) is 67.6 Å². The molecule has 2 aromatic rings. The van der Waals surface area contributed by atoms with Gasteiger partial charge in [-0.3, -0.25) is 9.59 Å². The summed E-state index contributed by atoms with van der Waals surface area (Å²) in [7, 11) is 0. The number of amides is 2. The third kappa shape index (κ3) is 5.54. The van der Waals surface area contributed by atoms with Crippen LogP contribution >= 0.6 is 0 Å². The highest BCUT2D eigenvalue weighted by molar-refractivity contribution is 5.79. The summed E-state index contributed by atoms with van der Waals surface area (Å²) >= 11 is 0. The molecule has 0 saturated heterocycles. The lowest BCUT2D eigenvalue weighted by atomic mass is 10.0. The smallest absolute Gasteiger partial charge is 0.222 e. The summed E-state index contributed by atoms with van der Waals surface area (Å²) in [5.41, 5.74) is 2.12. The summed E-state index contributed by atoms with van der Waals surface area (Å²) in [6.45, 7) is 4.12. The number of carbonyl (C=O) groups is 2. The fourth-order valence-corrected chi connectivity index (χ4v) is 2.61. The van der Waals surface area contributed by atoms with Gasteiger partial charge in [0.1, 0.15) is 0 Å². The molecule has 2 amide bonds. The van der Waals surface area contributed by atoms with Gasteiger partial charge >= 0.3 is 0 Å². The molecular formula is C20H24N2O2. The van der Waals surface area contributed by atoms with Gasteiger partial charge in [0, 0.05) is 13.5 Å². The van der Waals surface area contributed by atoms with E-state index in [1.54, 1.807) is 0 Å². The molecule has 4 nitrogen and oxygen atoms in total. The predicted molar refractivity (Wildman–Crippen MR) is 95.5 cm³/mol. The normalized spacial score (nSPS) is 12.9. The number of carbonyl (C=O) groups excluding carboxylic acids is 2. The van der Waals surface area contributed by atoms with E-state index in [1.807, 2.05) is 48.5 Å². The van der Waals surface area contributed by atoms with Crippen molar-refractivity contribution in [2.24, 2.45) is 0 Å². The maximum atomic E-state index is 12.3. The lowest BCUT2D eigenvalue weighted by molar-refractivity contribution is -0.122. The number of nitrogens with one attached hydrogen (secondary N) is 2. The van der Waals surface area contributed by atoms with Gasteiger partial charge < -0.3 is 10.6 Å². The fourth-order valence-electron chi connectivity index (χ4n) is 2.61. The highest BCUT2D eigenvalue weighted by atomic mass is 16.2. The van der Waals surface area contributed by atoms with Gasteiger partial charge in [-0.05, 0) is 17.0 Å². The molecule has 0 unspecified atom stereocenters. The van der Waals surface area contributed by atoms with Crippen molar-refractivity contribution in [2.75, 3.05) is 6.54 Å². The van der Waals surface area contributed by atoms with Crippen LogP contribution in [0.4, 0.5) is 0 Å². The molecule has 2 atom stereocenters. The Kier molecular flexibility index (Phi) is 6.55. The molecule has 0 aromatic heterocycles. The van der Waals surface area contributed by atoms with Gasteiger partial charge in [-0.15, -0.1) is 0 Å². The van der Waals surface area contributed by atoms with Crippen molar-refractivity contribution in [1.29, 1.82) is 0 Å². The molecule has 0 spiro atoms. The van der Waals surface area contributed by atoms with Crippen LogP contribution in [0.2, 0.25) is 0 Å². The summed E-state index contributed by atoms with van der Waals surface area (Å²) in [6, 6.07) is 19.3.